The van der Waals surface area contributed by atoms with Crippen molar-refractivity contribution in [2.45, 2.75) is 11.3 Å². The van der Waals surface area contributed by atoms with Crippen molar-refractivity contribution < 1.29 is 27.7 Å². The summed E-state index contributed by atoms with van der Waals surface area (Å²) in [6.07, 6.45) is 0.593. The van der Waals surface area contributed by atoms with Gasteiger partial charge in [-0.3, -0.25) is 34.9 Å². The smallest absolute Gasteiger partial charge is 0.310 e. The molecule has 0 bridgehead atoms. The molecule has 0 aromatic heterocycles. The third-order valence-corrected chi connectivity index (χ3v) is 7.07. The van der Waals surface area contributed by atoms with Crippen LogP contribution in [0.1, 0.15) is 15.9 Å². The number of nitro benzene ring substituents is 1. The third-order valence-electron chi connectivity index (χ3n) is 5.26. The molecule has 11 nitrogen and oxygen atoms in total. The maximum atomic E-state index is 13.2. The average molecular weight is 497 g/mol. The Bertz CT molecular complexity index is 1410. The van der Waals surface area contributed by atoms with Gasteiger partial charge in [0.25, 0.3) is 21.8 Å². The van der Waals surface area contributed by atoms with Gasteiger partial charge in [0.15, 0.2) is 12.4 Å². The van der Waals surface area contributed by atoms with Crippen LogP contribution >= 0.6 is 0 Å². The molecule has 0 saturated heterocycles. The first kappa shape index (κ1) is 23.7. The summed E-state index contributed by atoms with van der Waals surface area (Å²) >= 11 is 0. The van der Waals surface area contributed by atoms with Gasteiger partial charge in [0.1, 0.15) is 0 Å². The number of rotatable bonds is 7. The fourth-order valence-electron chi connectivity index (χ4n) is 3.59. The number of nitrogens with zero attached hydrogens (tertiary/aromatic N) is 2. The lowest BCUT2D eigenvalue weighted by molar-refractivity contribution is -0.385. The predicted molar refractivity (Wildman–Crippen MR) is 125 cm³/mol. The van der Waals surface area contributed by atoms with E-state index < -0.39 is 33.4 Å². The van der Waals surface area contributed by atoms with Crippen molar-refractivity contribution in [2.75, 3.05) is 17.5 Å². The number of benzene rings is 3. The molecule has 4 rings (SSSR count). The van der Waals surface area contributed by atoms with Gasteiger partial charge in [0.2, 0.25) is 0 Å². The molecule has 0 unspecified atom stereocenters. The van der Waals surface area contributed by atoms with E-state index in [0.29, 0.717) is 18.7 Å². The van der Waals surface area contributed by atoms with Crippen LogP contribution in [0.2, 0.25) is 0 Å². The molecular weight excluding hydrogens is 476 g/mol. The zero-order valence-corrected chi connectivity index (χ0v) is 19.0. The Morgan fingerprint density at radius 2 is 1.74 bits per heavy atom. The van der Waals surface area contributed by atoms with Crippen molar-refractivity contribution in [1.82, 2.24) is 10.9 Å². The molecule has 0 spiro atoms. The Kier molecular flexibility index (Phi) is 6.64. The lowest BCUT2D eigenvalue weighted by Gasteiger charge is -2.20. The summed E-state index contributed by atoms with van der Waals surface area (Å²) in [5.41, 5.74) is 5.55. The first-order valence-corrected chi connectivity index (χ1v) is 11.9. The number of sulfonamides is 1. The van der Waals surface area contributed by atoms with Gasteiger partial charge in [-0.25, -0.2) is 8.42 Å². The van der Waals surface area contributed by atoms with Crippen molar-refractivity contribution in [3.63, 3.8) is 0 Å². The molecule has 3 aromatic rings. The van der Waals surface area contributed by atoms with Crippen LogP contribution in [0.5, 0.6) is 5.75 Å². The standard InChI is InChI=1S/C23H20N4O7S/c28-22(15-34-21-11-4-3-10-20(21)27(30)31)24-25-23(29)17-7-5-8-18(14-17)35(32,33)26-13-12-16-6-1-2-9-19(16)26/h1-11,14H,12-13,15H2,(H,24,28)(H,25,29). The van der Waals surface area contributed by atoms with Crippen molar-refractivity contribution in [1.29, 1.82) is 0 Å². The fraction of sp³-hybridized carbons (Fsp3) is 0.130. The number of ether oxygens (including phenoxy) is 1. The van der Waals surface area contributed by atoms with Crippen molar-refractivity contribution in [3.8, 4) is 5.75 Å². The summed E-state index contributed by atoms with van der Waals surface area (Å²) in [5.74, 6) is -1.61. The summed E-state index contributed by atoms with van der Waals surface area (Å²) in [4.78, 5) is 34.8. The van der Waals surface area contributed by atoms with Gasteiger partial charge in [0, 0.05) is 18.2 Å². The molecule has 12 heteroatoms. The number of hydrogen-bond donors (Lipinski definition) is 2. The van der Waals surface area contributed by atoms with Gasteiger partial charge in [-0.1, -0.05) is 36.4 Å². The molecule has 0 radical (unpaired) electrons. The monoisotopic (exact) mass is 496 g/mol. The molecule has 2 N–H and O–H groups in total. The van der Waals surface area contributed by atoms with E-state index in [-0.39, 0.29) is 21.9 Å². The molecule has 1 heterocycles. The molecule has 0 saturated carbocycles. The van der Waals surface area contributed by atoms with Gasteiger partial charge in [-0.15, -0.1) is 0 Å². The van der Waals surface area contributed by atoms with Gasteiger partial charge in [0.05, 0.1) is 15.5 Å². The lowest BCUT2D eigenvalue weighted by Crippen LogP contribution is -2.43. The lowest BCUT2D eigenvalue weighted by atomic mass is 10.2. The van der Waals surface area contributed by atoms with Crippen LogP contribution in [0.25, 0.3) is 0 Å². The number of carbonyl (C=O) groups is 2. The molecule has 35 heavy (non-hydrogen) atoms. The number of hydrazine groups is 1. The second kappa shape index (κ2) is 9.81. The van der Waals surface area contributed by atoms with E-state index in [1.807, 2.05) is 12.1 Å². The Morgan fingerprint density at radius 1 is 1.00 bits per heavy atom. The largest absolute Gasteiger partial charge is 0.477 e. The average Bonchev–Trinajstić information content (AvgIpc) is 3.31. The predicted octanol–water partition coefficient (Wildman–Crippen LogP) is 2.19. The minimum Gasteiger partial charge on any atom is -0.477 e. The van der Waals surface area contributed by atoms with Gasteiger partial charge < -0.3 is 4.74 Å². The molecule has 180 valence electrons. The Morgan fingerprint density at radius 3 is 2.54 bits per heavy atom. The molecule has 3 aromatic carbocycles. The number of fused-ring (bicyclic) bond motifs is 1. The van der Waals surface area contributed by atoms with E-state index in [4.69, 9.17) is 4.74 Å². The maximum Gasteiger partial charge on any atom is 0.310 e. The van der Waals surface area contributed by atoms with Crippen molar-refractivity contribution >= 4 is 33.2 Å². The highest BCUT2D eigenvalue weighted by Crippen LogP contribution is 2.32. The van der Waals surface area contributed by atoms with E-state index in [0.717, 1.165) is 5.56 Å². The molecule has 0 aliphatic carbocycles. The highest BCUT2D eigenvalue weighted by atomic mass is 32.2. The molecule has 2 amide bonds. The van der Waals surface area contributed by atoms with E-state index in [9.17, 15) is 28.1 Å². The number of amides is 2. The molecule has 1 aliphatic heterocycles. The normalized spacial score (nSPS) is 12.5. The fourth-order valence-corrected chi connectivity index (χ4v) is 5.14. The van der Waals surface area contributed by atoms with E-state index >= 15 is 0 Å². The molecule has 0 fully saturated rings. The molecule has 0 atom stereocenters. The Balaban J connectivity index is 1.39. The van der Waals surface area contributed by atoms with Crippen LogP contribution < -0.4 is 19.9 Å². The SMILES string of the molecule is O=C(COc1ccccc1[N+](=O)[O-])NNC(=O)c1cccc(S(=O)(=O)N2CCc3ccccc32)c1. The number of carbonyl (C=O) groups excluding carboxylic acids is 2. The zero-order chi connectivity index (χ0) is 25.0. The first-order chi connectivity index (χ1) is 16.8. The van der Waals surface area contributed by atoms with Crippen LogP contribution in [-0.4, -0.2) is 38.3 Å². The van der Waals surface area contributed by atoms with Crippen molar-refractivity contribution in [2.24, 2.45) is 0 Å². The number of nitrogens with one attached hydrogen (secondary N) is 2. The van der Waals surface area contributed by atoms with E-state index in [1.54, 1.807) is 12.1 Å². The van der Waals surface area contributed by atoms with E-state index in [1.165, 1.54) is 52.8 Å². The highest BCUT2D eigenvalue weighted by Gasteiger charge is 2.31. The number of nitro groups is 1. The summed E-state index contributed by atoms with van der Waals surface area (Å²) < 4.78 is 32.9. The van der Waals surface area contributed by atoms with Crippen LogP contribution in [-0.2, 0) is 21.2 Å². The number of para-hydroxylation sites is 3. The number of hydrogen-bond acceptors (Lipinski definition) is 7. The van der Waals surface area contributed by atoms with Crippen LogP contribution in [0.15, 0.2) is 77.7 Å². The molecular formula is C23H20N4O7S. The summed E-state index contributed by atoms with van der Waals surface area (Å²) in [7, 11) is -3.90. The third kappa shape index (κ3) is 5.06. The second-order valence-corrected chi connectivity index (χ2v) is 9.36. The van der Waals surface area contributed by atoms with Gasteiger partial charge in [-0.2, -0.15) is 0 Å². The minimum absolute atomic E-state index is 0.0125. The van der Waals surface area contributed by atoms with Gasteiger partial charge >= 0.3 is 5.69 Å². The van der Waals surface area contributed by atoms with Crippen LogP contribution in [0.4, 0.5) is 11.4 Å². The number of anilines is 1. The maximum absolute atomic E-state index is 13.2. The summed E-state index contributed by atoms with van der Waals surface area (Å²) in [5, 5.41) is 11.0. The first-order valence-electron chi connectivity index (χ1n) is 10.4. The quantitative estimate of drug-likeness (QED) is 0.376. The summed E-state index contributed by atoms with van der Waals surface area (Å²) in [6.45, 7) is -0.290. The zero-order valence-electron chi connectivity index (χ0n) is 18.2. The van der Waals surface area contributed by atoms with Crippen LogP contribution in [0.3, 0.4) is 0 Å². The Hall–Kier alpha value is -4.45. The second-order valence-electron chi connectivity index (χ2n) is 7.50. The van der Waals surface area contributed by atoms with E-state index in [2.05, 4.69) is 10.9 Å². The Labute approximate surface area is 200 Å². The van der Waals surface area contributed by atoms with Crippen molar-refractivity contribution in [3.05, 3.63) is 94.0 Å². The van der Waals surface area contributed by atoms with Crippen LogP contribution in [0, 0.1) is 10.1 Å². The highest BCUT2D eigenvalue weighted by molar-refractivity contribution is 7.92. The topological polar surface area (TPSA) is 148 Å². The molecule has 1 aliphatic rings. The summed E-state index contributed by atoms with van der Waals surface area (Å²) in [6, 6.07) is 18.2. The minimum atomic E-state index is -3.90. The van der Waals surface area contributed by atoms with Gasteiger partial charge in [-0.05, 0) is 42.3 Å².